The Balaban J connectivity index is 1.71. The van der Waals surface area contributed by atoms with Crippen LogP contribution in [0.3, 0.4) is 0 Å². The van der Waals surface area contributed by atoms with E-state index in [2.05, 4.69) is 121 Å². The van der Waals surface area contributed by atoms with Crippen molar-refractivity contribution in [3.05, 3.63) is 98.6 Å². The van der Waals surface area contributed by atoms with Crippen LogP contribution >= 0.6 is 0 Å². The second-order valence-corrected chi connectivity index (χ2v) is 10.6. The van der Waals surface area contributed by atoms with E-state index in [0.717, 1.165) is 17.1 Å². The summed E-state index contributed by atoms with van der Waals surface area (Å²) in [7, 11) is 1.98. The van der Waals surface area contributed by atoms with Gasteiger partial charge in [-0.05, 0) is 165 Å². The van der Waals surface area contributed by atoms with Crippen molar-refractivity contribution >= 4 is 17.1 Å². The van der Waals surface area contributed by atoms with Crippen molar-refractivity contribution < 1.29 is 0 Å². The van der Waals surface area contributed by atoms with Gasteiger partial charge in [0.25, 0.3) is 0 Å². The Morgan fingerprint density at radius 3 is 0.889 bits per heavy atom. The minimum Gasteiger partial charge on any atom is -0.388 e. The average Bonchev–Trinajstić information content (AvgIpc) is 2.76. The van der Waals surface area contributed by atoms with Crippen LogP contribution in [-0.2, 0) is 0 Å². The maximum absolute atomic E-state index is 3.70. The average molecular weight is 477 g/mol. The highest BCUT2D eigenvalue weighted by Gasteiger charge is 2.16. The third-order valence-corrected chi connectivity index (χ3v) is 7.35. The molecule has 4 aromatic carbocycles. The lowest BCUT2D eigenvalue weighted by Gasteiger charge is -2.20. The van der Waals surface area contributed by atoms with Crippen LogP contribution in [0, 0.1) is 62.3 Å². The number of anilines is 3. The lowest BCUT2D eigenvalue weighted by Crippen LogP contribution is -2.00. The number of nitrogens with one attached hydrogen (secondary N) is 2. The fourth-order valence-corrected chi connectivity index (χ4v) is 6.10. The minimum atomic E-state index is 1.13. The molecule has 36 heavy (non-hydrogen) atoms. The summed E-state index contributed by atoms with van der Waals surface area (Å²) in [6.07, 6.45) is 0. The maximum atomic E-state index is 3.70. The number of hydrogen-bond donors (Lipinski definition) is 2. The first-order valence-corrected chi connectivity index (χ1v) is 12.9. The maximum Gasteiger partial charge on any atom is 0.0389 e. The molecule has 4 aromatic rings. The van der Waals surface area contributed by atoms with Crippen LogP contribution in [0.2, 0.25) is 0 Å². The zero-order valence-electron chi connectivity index (χ0n) is 23.6. The van der Waals surface area contributed by atoms with Gasteiger partial charge in [-0.15, -0.1) is 0 Å². The summed E-state index contributed by atoms with van der Waals surface area (Å²) in [4.78, 5) is 0. The molecule has 0 unspecified atom stereocenters. The number of aryl methyl sites for hydroxylation is 9. The SMILES string of the molecule is CNc1cc(C)c(-c2c(C)cc(Nc3cc(C)c(-c4c(C)cc(C)cc4C)c(C)c3)cc2C)c(C)c1. The molecule has 186 valence electrons. The van der Waals surface area contributed by atoms with E-state index in [9.17, 15) is 0 Å². The van der Waals surface area contributed by atoms with Crippen LogP contribution < -0.4 is 10.6 Å². The van der Waals surface area contributed by atoms with E-state index in [1.165, 1.54) is 72.3 Å². The normalized spacial score (nSPS) is 11.1. The van der Waals surface area contributed by atoms with Crippen LogP contribution in [0.4, 0.5) is 17.1 Å². The first-order valence-electron chi connectivity index (χ1n) is 12.9. The number of benzene rings is 4. The molecule has 0 amide bonds. The van der Waals surface area contributed by atoms with Gasteiger partial charge in [0.1, 0.15) is 0 Å². The Morgan fingerprint density at radius 2 is 0.611 bits per heavy atom. The second kappa shape index (κ2) is 9.85. The molecule has 4 rings (SSSR count). The van der Waals surface area contributed by atoms with Crippen LogP contribution in [0.5, 0.6) is 0 Å². The highest BCUT2D eigenvalue weighted by atomic mass is 14.9. The third kappa shape index (κ3) is 4.78. The lowest BCUT2D eigenvalue weighted by molar-refractivity contribution is 1.28. The Bertz CT molecular complexity index is 1380. The lowest BCUT2D eigenvalue weighted by atomic mass is 9.88. The predicted octanol–water partition coefficient (Wildman–Crippen LogP) is 9.58. The molecule has 0 spiro atoms. The second-order valence-electron chi connectivity index (χ2n) is 10.6. The monoisotopic (exact) mass is 476 g/mol. The van der Waals surface area contributed by atoms with Crippen LogP contribution in [0.1, 0.15) is 50.1 Å². The molecule has 0 aromatic heterocycles. The van der Waals surface area contributed by atoms with Crippen LogP contribution in [0.15, 0.2) is 48.5 Å². The molecule has 0 saturated heterocycles. The Labute approximate surface area is 217 Å². The van der Waals surface area contributed by atoms with Crippen molar-refractivity contribution in [2.45, 2.75) is 62.3 Å². The zero-order valence-corrected chi connectivity index (χ0v) is 23.6. The van der Waals surface area contributed by atoms with E-state index >= 15 is 0 Å². The van der Waals surface area contributed by atoms with E-state index in [1.807, 2.05) is 7.05 Å². The fourth-order valence-electron chi connectivity index (χ4n) is 6.10. The molecule has 0 radical (unpaired) electrons. The van der Waals surface area contributed by atoms with Crippen molar-refractivity contribution in [2.24, 2.45) is 0 Å². The number of rotatable bonds is 5. The highest BCUT2D eigenvalue weighted by Crippen LogP contribution is 2.38. The molecule has 0 bridgehead atoms. The molecule has 0 aliphatic carbocycles. The van der Waals surface area contributed by atoms with Crippen molar-refractivity contribution in [3.8, 4) is 22.3 Å². The molecular formula is C34H40N2. The van der Waals surface area contributed by atoms with Gasteiger partial charge in [0.15, 0.2) is 0 Å². The van der Waals surface area contributed by atoms with Crippen molar-refractivity contribution in [2.75, 3.05) is 17.7 Å². The zero-order chi connectivity index (χ0) is 26.3. The van der Waals surface area contributed by atoms with E-state index in [0.29, 0.717) is 0 Å². The Morgan fingerprint density at radius 1 is 0.361 bits per heavy atom. The van der Waals surface area contributed by atoms with Gasteiger partial charge in [0, 0.05) is 24.1 Å². The van der Waals surface area contributed by atoms with Crippen molar-refractivity contribution in [3.63, 3.8) is 0 Å². The van der Waals surface area contributed by atoms with E-state index in [1.54, 1.807) is 0 Å². The summed E-state index contributed by atoms with van der Waals surface area (Å²) in [6, 6.07) is 18.2. The summed E-state index contributed by atoms with van der Waals surface area (Å²) >= 11 is 0. The first kappa shape index (κ1) is 25.6. The molecular weight excluding hydrogens is 436 g/mol. The highest BCUT2D eigenvalue weighted by molar-refractivity contribution is 5.82. The minimum absolute atomic E-state index is 1.13. The van der Waals surface area contributed by atoms with Gasteiger partial charge in [-0.3, -0.25) is 0 Å². The molecule has 2 heteroatoms. The summed E-state index contributed by atoms with van der Waals surface area (Å²) < 4.78 is 0. The molecule has 0 fully saturated rings. The molecule has 0 aliphatic heterocycles. The molecule has 2 N–H and O–H groups in total. The number of hydrogen-bond acceptors (Lipinski definition) is 2. The van der Waals surface area contributed by atoms with E-state index in [4.69, 9.17) is 0 Å². The third-order valence-electron chi connectivity index (χ3n) is 7.35. The molecule has 0 atom stereocenters. The van der Waals surface area contributed by atoms with Crippen molar-refractivity contribution in [1.29, 1.82) is 0 Å². The quantitative estimate of drug-likeness (QED) is 0.299. The van der Waals surface area contributed by atoms with Gasteiger partial charge >= 0.3 is 0 Å². The topological polar surface area (TPSA) is 24.1 Å². The van der Waals surface area contributed by atoms with Gasteiger partial charge in [0.05, 0.1) is 0 Å². The summed E-state index contributed by atoms with van der Waals surface area (Å²) in [5, 5.41) is 6.98. The predicted molar refractivity (Wildman–Crippen MR) is 159 cm³/mol. The van der Waals surface area contributed by atoms with Crippen LogP contribution in [-0.4, -0.2) is 7.05 Å². The standard InChI is InChI=1S/C34H40N2/c1-19-11-20(2)31(21(3)12-19)33-24(6)15-29(16-25(33)7)36-30-17-26(8)34(27(9)18-30)32-22(4)13-28(35-10)14-23(32)5/h11-18,35-36H,1-10H3. The van der Waals surface area contributed by atoms with Gasteiger partial charge in [-0.1, -0.05) is 17.7 Å². The van der Waals surface area contributed by atoms with Crippen LogP contribution in [0.25, 0.3) is 22.3 Å². The van der Waals surface area contributed by atoms with Gasteiger partial charge in [-0.25, -0.2) is 0 Å². The van der Waals surface area contributed by atoms with Crippen molar-refractivity contribution in [1.82, 2.24) is 0 Å². The summed E-state index contributed by atoms with van der Waals surface area (Å²) in [5.74, 6) is 0. The van der Waals surface area contributed by atoms with E-state index < -0.39 is 0 Å². The fraction of sp³-hybridized carbons (Fsp3) is 0.294. The molecule has 0 heterocycles. The van der Waals surface area contributed by atoms with Gasteiger partial charge in [0.2, 0.25) is 0 Å². The smallest absolute Gasteiger partial charge is 0.0389 e. The molecule has 2 nitrogen and oxygen atoms in total. The first-order chi connectivity index (χ1) is 17.0. The van der Waals surface area contributed by atoms with E-state index in [-0.39, 0.29) is 0 Å². The van der Waals surface area contributed by atoms with Gasteiger partial charge in [-0.2, -0.15) is 0 Å². The molecule has 0 aliphatic rings. The summed E-state index contributed by atoms with van der Waals surface area (Å²) in [5.41, 5.74) is 20.6. The largest absolute Gasteiger partial charge is 0.388 e. The summed E-state index contributed by atoms with van der Waals surface area (Å²) in [6.45, 7) is 19.9. The Hall–Kier alpha value is -3.52. The Kier molecular flexibility index (Phi) is 7.00. The van der Waals surface area contributed by atoms with Gasteiger partial charge < -0.3 is 10.6 Å². The molecule has 0 saturated carbocycles.